The van der Waals surface area contributed by atoms with Crippen LogP contribution in [0.4, 0.5) is 0 Å². The van der Waals surface area contributed by atoms with Crippen LogP contribution in [0.5, 0.6) is 0 Å². The molecule has 2 nitrogen and oxygen atoms in total. The van der Waals surface area contributed by atoms with Crippen LogP contribution in [0.1, 0.15) is 0 Å². The molecule has 0 amide bonds. The number of aromatic amines is 1. The molecule has 0 aliphatic rings. The third-order valence-corrected chi connectivity index (χ3v) is 1.48. The number of hydrogen-bond acceptors (Lipinski definition) is 1. The third-order valence-electron chi connectivity index (χ3n) is 1.48. The molecule has 2 radical (unpaired) electrons. The molecular formula is C7H5BN2. The molecule has 46 valence electrons. The number of pyridine rings is 1. The van der Waals surface area contributed by atoms with Gasteiger partial charge in [-0.1, -0.05) is 11.5 Å². The van der Waals surface area contributed by atoms with E-state index in [4.69, 9.17) is 7.85 Å². The third kappa shape index (κ3) is 0.636. The van der Waals surface area contributed by atoms with Crippen molar-refractivity contribution >= 4 is 24.3 Å². The number of nitrogens with one attached hydrogen (secondary N) is 1. The fourth-order valence-corrected chi connectivity index (χ4v) is 0.977. The maximum absolute atomic E-state index is 5.60. The first-order chi connectivity index (χ1) is 4.88. The van der Waals surface area contributed by atoms with Gasteiger partial charge < -0.3 is 4.98 Å². The zero-order valence-corrected chi connectivity index (χ0v) is 5.33. The van der Waals surface area contributed by atoms with E-state index in [1.807, 2.05) is 12.1 Å². The van der Waals surface area contributed by atoms with Gasteiger partial charge in [0, 0.05) is 11.6 Å². The number of rotatable bonds is 0. The number of aromatic nitrogens is 2. The van der Waals surface area contributed by atoms with E-state index in [2.05, 4.69) is 9.97 Å². The summed E-state index contributed by atoms with van der Waals surface area (Å²) in [7, 11) is 5.60. The minimum absolute atomic E-state index is 0.753. The molecule has 3 heteroatoms. The predicted octanol–water partition coefficient (Wildman–Crippen LogP) is 0.357. The highest BCUT2D eigenvalue weighted by Gasteiger charge is 1.95. The van der Waals surface area contributed by atoms with E-state index in [0.29, 0.717) is 0 Å². The first-order valence-corrected chi connectivity index (χ1v) is 3.05. The van der Waals surface area contributed by atoms with Gasteiger partial charge in [0.2, 0.25) is 0 Å². The molecule has 2 aromatic heterocycles. The minimum atomic E-state index is 0.753. The van der Waals surface area contributed by atoms with Crippen molar-refractivity contribution in [1.82, 2.24) is 9.97 Å². The molecule has 10 heavy (non-hydrogen) atoms. The number of hydrogen-bond donors (Lipinski definition) is 1. The lowest BCUT2D eigenvalue weighted by Crippen LogP contribution is -1.96. The van der Waals surface area contributed by atoms with Crippen molar-refractivity contribution in [3.8, 4) is 0 Å². The highest BCUT2D eigenvalue weighted by atomic mass is 14.8. The topological polar surface area (TPSA) is 28.7 Å². The Hall–Kier alpha value is -1.25. The van der Waals surface area contributed by atoms with Gasteiger partial charge in [0.15, 0.2) is 0 Å². The summed E-state index contributed by atoms with van der Waals surface area (Å²) in [6.07, 6.45) is 3.48. The van der Waals surface area contributed by atoms with Gasteiger partial charge in [0.25, 0.3) is 0 Å². The van der Waals surface area contributed by atoms with Gasteiger partial charge in [0.05, 0.1) is 0 Å². The molecule has 0 aliphatic heterocycles. The SMILES string of the molecule is [B]c1c[nH]c2ncccc12. The Morgan fingerprint density at radius 3 is 3.20 bits per heavy atom. The summed E-state index contributed by atoms with van der Waals surface area (Å²) >= 11 is 0. The molecule has 0 saturated heterocycles. The van der Waals surface area contributed by atoms with Gasteiger partial charge in [-0.05, 0) is 12.3 Å². The summed E-state index contributed by atoms with van der Waals surface area (Å²) in [4.78, 5) is 7.02. The Kier molecular flexibility index (Phi) is 1.03. The Balaban J connectivity index is 2.93. The lowest BCUT2D eigenvalue weighted by atomic mass is 9.97. The van der Waals surface area contributed by atoms with Crippen LogP contribution in [0, 0.1) is 0 Å². The van der Waals surface area contributed by atoms with E-state index in [0.717, 1.165) is 16.5 Å². The normalized spacial score (nSPS) is 10.4. The van der Waals surface area contributed by atoms with Crippen LogP contribution in [0.15, 0.2) is 24.5 Å². The molecule has 0 fully saturated rings. The molecule has 0 unspecified atom stereocenters. The van der Waals surface area contributed by atoms with Crippen LogP contribution in [0.3, 0.4) is 0 Å². The largest absolute Gasteiger partial charge is 0.347 e. The van der Waals surface area contributed by atoms with Crippen molar-refractivity contribution in [3.63, 3.8) is 0 Å². The molecular weight excluding hydrogens is 123 g/mol. The summed E-state index contributed by atoms with van der Waals surface area (Å²) in [6.45, 7) is 0. The highest BCUT2D eigenvalue weighted by molar-refractivity contribution is 6.38. The lowest BCUT2D eigenvalue weighted by molar-refractivity contribution is 1.33. The summed E-state index contributed by atoms with van der Waals surface area (Å²) in [5, 5.41) is 0.988. The van der Waals surface area contributed by atoms with Crippen LogP contribution in [-0.4, -0.2) is 17.8 Å². The molecule has 0 atom stereocenters. The van der Waals surface area contributed by atoms with E-state index >= 15 is 0 Å². The first kappa shape index (κ1) is 5.53. The Bertz CT molecular complexity index is 353. The van der Waals surface area contributed by atoms with Crippen LogP contribution >= 0.6 is 0 Å². The smallest absolute Gasteiger partial charge is 0.136 e. The monoisotopic (exact) mass is 128 g/mol. The molecule has 2 rings (SSSR count). The molecule has 0 aliphatic carbocycles. The number of H-pyrrole nitrogens is 1. The Morgan fingerprint density at radius 2 is 2.40 bits per heavy atom. The number of fused-ring (bicyclic) bond motifs is 1. The summed E-state index contributed by atoms with van der Waals surface area (Å²) < 4.78 is 0. The first-order valence-electron chi connectivity index (χ1n) is 3.05. The average Bonchev–Trinajstić information content (AvgIpc) is 2.34. The maximum Gasteiger partial charge on any atom is 0.136 e. The molecule has 2 heterocycles. The second-order valence-electron chi connectivity index (χ2n) is 2.14. The zero-order chi connectivity index (χ0) is 6.97. The van der Waals surface area contributed by atoms with Crippen LogP contribution < -0.4 is 5.46 Å². The van der Waals surface area contributed by atoms with E-state index in [1.54, 1.807) is 12.4 Å². The maximum atomic E-state index is 5.60. The fourth-order valence-electron chi connectivity index (χ4n) is 0.977. The predicted molar refractivity (Wildman–Crippen MR) is 41.5 cm³/mol. The molecule has 0 aromatic carbocycles. The van der Waals surface area contributed by atoms with Gasteiger partial charge in [-0.2, -0.15) is 0 Å². The Labute approximate surface area is 59.7 Å². The van der Waals surface area contributed by atoms with E-state index in [-0.39, 0.29) is 0 Å². The Morgan fingerprint density at radius 1 is 1.50 bits per heavy atom. The van der Waals surface area contributed by atoms with Crippen molar-refractivity contribution in [2.24, 2.45) is 0 Å². The van der Waals surface area contributed by atoms with Crippen molar-refractivity contribution in [2.75, 3.05) is 0 Å². The van der Waals surface area contributed by atoms with Crippen molar-refractivity contribution in [1.29, 1.82) is 0 Å². The van der Waals surface area contributed by atoms with Gasteiger partial charge in [-0.3, -0.25) is 0 Å². The van der Waals surface area contributed by atoms with E-state index in [9.17, 15) is 0 Å². The van der Waals surface area contributed by atoms with Crippen LogP contribution in [0.2, 0.25) is 0 Å². The summed E-state index contributed by atoms with van der Waals surface area (Å²) in [6, 6.07) is 3.81. The molecule has 2 aromatic rings. The van der Waals surface area contributed by atoms with E-state index in [1.165, 1.54) is 0 Å². The molecule has 0 spiro atoms. The minimum Gasteiger partial charge on any atom is -0.347 e. The number of nitrogens with zero attached hydrogens (tertiary/aromatic N) is 1. The van der Waals surface area contributed by atoms with E-state index < -0.39 is 0 Å². The second kappa shape index (κ2) is 1.87. The van der Waals surface area contributed by atoms with Gasteiger partial charge >= 0.3 is 0 Å². The summed E-state index contributed by atoms with van der Waals surface area (Å²) in [5.74, 6) is 0. The zero-order valence-electron chi connectivity index (χ0n) is 5.33. The van der Waals surface area contributed by atoms with Crippen molar-refractivity contribution in [3.05, 3.63) is 24.5 Å². The average molecular weight is 128 g/mol. The van der Waals surface area contributed by atoms with Gasteiger partial charge in [-0.25, -0.2) is 4.98 Å². The van der Waals surface area contributed by atoms with Gasteiger partial charge in [-0.15, -0.1) is 0 Å². The van der Waals surface area contributed by atoms with Crippen LogP contribution in [-0.2, 0) is 0 Å². The standard InChI is InChI=1S/C7H5BN2/c8-6-4-10-7-5(6)2-1-3-9-7/h1-4H,(H,9,10). The molecule has 0 bridgehead atoms. The summed E-state index contributed by atoms with van der Waals surface area (Å²) in [5.41, 5.74) is 1.60. The highest BCUT2D eigenvalue weighted by Crippen LogP contribution is 2.02. The van der Waals surface area contributed by atoms with Crippen LogP contribution in [0.25, 0.3) is 11.0 Å². The van der Waals surface area contributed by atoms with Crippen molar-refractivity contribution in [2.45, 2.75) is 0 Å². The second-order valence-corrected chi connectivity index (χ2v) is 2.14. The fraction of sp³-hybridized carbons (Fsp3) is 0. The lowest BCUT2D eigenvalue weighted by Gasteiger charge is -1.86. The van der Waals surface area contributed by atoms with Crippen molar-refractivity contribution < 1.29 is 0 Å². The molecule has 0 saturated carbocycles. The van der Waals surface area contributed by atoms with Gasteiger partial charge in [0.1, 0.15) is 13.5 Å². The quantitative estimate of drug-likeness (QED) is 0.509. The molecule has 1 N–H and O–H groups in total.